The minimum atomic E-state index is 0.213. The number of hydrogen-bond acceptors (Lipinski definition) is 2. The van der Waals surface area contributed by atoms with E-state index in [9.17, 15) is 9.90 Å². The van der Waals surface area contributed by atoms with Crippen LogP contribution in [0, 0.1) is 0 Å². The van der Waals surface area contributed by atoms with Crippen molar-refractivity contribution < 1.29 is 14.4 Å². The molecule has 136 valence electrons. The molecule has 0 aliphatic heterocycles. The molecule has 4 nitrogen and oxygen atoms in total. The third kappa shape index (κ3) is 9.77. The zero-order chi connectivity index (χ0) is 17.6. The van der Waals surface area contributed by atoms with Crippen LogP contribution in [0.5, 0.6) is 0 Å². The van der Waals surface area contributed by atoms with E-state index in [2.05, 4.69) is 20.4 Å². The molecule has 0 atom stereocenters. The highest BCUT2D eigenvalue weighted by atomic mass is 16.3. The summed E-state index contributed by atoms with van der Waals surface area (Å²) in [5.41, 5.74) is 0. The number of carbonyl (C=O) groups excluding carboxylic acids is 1. The molecule has 0 rings (SSSR count). The lowest BCUT2D eigenvalue weighted by atomic mass is 10.1. The molecule has 23 heavy (non-hydrogen) atoms. The van der Waals surface area contributed by atoms with Gasteiger partial charge in [-0.3, -0.25) is 4.79 Å². The van der Waals surface area contributed by atoms with Crippen molar-refractivity contribution in [1.29, 1.82) is 0 Å². The van der Waals surface area contributed by atoms with Crippen LogP contribution >= 0.6 is 0 Å². The van der Waals surface area contributed by atoms with Crippen LogP contribution in [0.2, 0.25) is 0 Å². The van der Waals surface area contributed by atoms with Gasteiger partial charge in [0.05, 0.1) is 32.8 Å². The molecule has 0 aromatic rings. The molecule has 4 heteroatoms. The largest absolute Gasteiger partial charge is 0.391 e. The first kappa shape index (κ1) is 22.1. The van der Waals surface area contributed by atoms with Crippen molar-refractivity contribution in [3.8, 4) is 0 Å². The monoisotopic (exact) mass is 327 g/mol. The standard InChI is InChI=1S/C19H39N2O2/c1-5-8-9-10-11-12-13-14-19(23)20(4)15-16-21(6-2,7-3)17-18-22/h5,22H,1,6-18H2,2-4H3/q+1. The fourth-order valence-corrected chi connectivity index (χ4v) is 2.95. The van der Waals surface area contributed by atoms with Crippen molar-refractivity contribution in [3.63, 3.8) is 0 Å². The Bertz CT molecular complexity index is 314. The number of allylic oxidation sites excluding steroid dienone is 1. The molecule has 0 aliphatic rings. The summed E-state index contributed by atoms with van der Waals surface area (Å²) in [4.78, 5) is 14.1. The number of aliphatic hydroxyl groups excluding tert-OH is 1. The number of rotatable bonds is 15. The van der Waals surface area contributed by atoms with E-state index in [4.69, 9.17) is 0 Å². The van der Waals surface area contributed by atoms with Crippen LogP contribution in [-0.4, -0.2) is 66.8 Å². The first-order valence-corrected chi connectivity index (χ1v) is 9.36. The van der Waals surface area contributed by atoms with E-state index in [0.717, 1.165) is 56.5 Å². The number of hydrogen-bond donors (Lipinski definition) is 1. The Labute approximate surface area is 143 Å². The van der Waals surface area contributed by atoms with Crippen LogP contribution in [0.1, 0.15) is 58.8 Å². The summed E-state index contributed by atoms with van der Waals surface area (Å²) in [6.45, 7) is 12.8. The number of unbranched alkanes of at least 4 members (excludes halogenated alkanes) is 5. The summed E-state index contributed by atoms with van der Waals surface area (Å²) >= 11 is 0. The highest BCUT2D eigenvalue weighted by Crippen LogP contribution is 2.10. The minimum Gasteiger partial charge on any atom is -0.391 e. The number of likely N-dealkylation sites (N-methyl/N-ethyl adjacent to an activating group) is 2. The summed E-state index contributed by atoms with van der Waals surface area (Å²) in [7, 11) is 1.91. The van der Waals surface area contributed by atoms with Crippen LogP contribution in [0.25, 0.3) is 0 Å². The van der Waals surface area contributed by atoms with E-state index >= 15 is 0 Å². The van der Waals surface area contributed by atoms with E-state index < -0.39 is 0 Å². The van der Waals surface area contributed by atoms with Gasteiger partial charge in [-0.15, -0.1) is 6.58 Å². The number of amides is 1. The van der Waals surface area contributed by atoms with Crippen molar-refractivity contribution in [2.24, 2.45) is 0 Å². The van der Waals surface area contributed by atoms with Crippen LogP contribution in [0.15, 0.2) is 12.7 Å². The summed E-state index contributed by atoms with van der Waals surface area (Å²) in [5, 5.41) is 9.26. The predicted octanol–water partition coefficient (Wildman–Crippen LogP) is 3.21. The van der Waals surface area contributed by atoms with E-state index in [0.29, 0.717) is 6.42 Å². The van der Waals surface area contributed by atoms with Crippen LogP contribution in [0.3, 0.4) is 0 Å². The van der Waals surface area contributed by atoms with E-state index in [1.165, 1.54) is 19.3 Å². The maximum Gasteiger partial charge on any atom is 0.222 e. The average molecular weight is 328 g/mol. The molecule has 0 aliphatic carbocycles. The Balaban J connectivity index is 3.94. The molecule has 0 saturated carbocycles. The fraction of sp³-hybridized carbons (Fsp3) is 0.842. The molecule has 0 saturated heterocycles. The minimum absolute atomic E-state index is 0.213. The lowest BCUT2D eigenvalue weighted by Gasteiger charge is -2.37. The SMILES string of the molecule is C=CCCCCCCCC(=O)N(C)CC[N+](CC)(CC)CCO. The molecule has 0 bridgehead atoms. The Morgan fingerprint density at radius 1 is 1.09 bits per heavy atom. The summed E-state index contributed by atoms with van der Waals surface area (Å²) in [6.07, 6.45) is 9.55. The van der Waals surface area contributed by atoms with Gasteiger partial charge < -0.3 is 14.5 Å². The molecule has 0 aromatic carbocycles. The molecular weight excluding hydrogens is 288 g/mol. The Hall–Kier alpha value is -0.870. The zero-order valence-corrected chi connectivity index (χ0v) is 15.7. The molecule has 0 fully saturated rings. The number of quaternary nitrogens is 1. The Morgan fingerprint density at radius 3 is 2.26 bits per heavy atom. The third-order valence-electron chi connectivity index (χ3n) is 5.05. The van der Waals surface area contributed by atoms with Gasteiger partial charge in [0.25, 0.3) is 0 Å². The fourth-order valence-electron chi connectivity index (χ4n) is 2.95. The first-order valence-electron chi connectivity index (χ1n) is 9.36. The van der Waals surface area contributed by atoms with Gasteiger partial charge in [0.2, 0.25) is 5.91 Å². The Morgan fingerprint density at radius 2 is 1.70 bits per heavy atom. The lowest BCUT2D eigenvalue weighted by molar-refractivity contribution is -0.924. The molecule has 0 radical (unpaired) electrons. The predicted molar refractivity (Wildman–Crippen MR) is 98.3 cm³/mol. The molecule has 0 aromatic heterocycles. The van der Waals surface area contributed by atoms with Gasteiger partial charge in [-0.2, -0.15) is 0 Å². The van der Waals surface area contributed by atoms with E-state index in [1.807, 2.05) is 18.0 Å². The smallest absolute Gasteiger partial charge is 0.222 e. The van der Waals surface area contributed by atoms with Gasteiger partial charge >= 0.3 is 0 Å². The molecule has 1 amide bonds. The normalized spacial score (nSPS) is 11.5. The van der Waals surface area contributed by atoms with Crippen molar-refractivity contribution in [3.05, 3.63) is 12.7 Å². The van der Waals surface area contributed by atoms with Gasteiger partial charge in [0, 0.05) is 13.5 Å². The van der Waals surface area contributed by atoms with Crippen molar-refractivity contribution >= 4 is 5.91 Å². The van der Waals surface area contributed by atoms with Crippen LogP contribution in [0.4, 0.5) is 0 Å². The van der Waals surface area contributed by atoms with Crippen molar-refractivity contribution in [2.75, 3.05) is 46.4 Å². The topological polar surface area (TPSA) is 40.5 Å². The second-order valence-electron chi connectivity index (χ2n) is 6.56. The van der Waals surface area contributed by atoms with E-state index in [1.54, 1.807) is 0 Å². The number of nitrogens with zero attached hydrogens (tertiary/aromatic N) is 2. The number of aliphatic hydroxyl groups is 1. The average Bonchev–Trinajstić information content (AvgIpc) is 2.57. The summed E-state index contributed by atoms with van der Waals surface area (Å²) in [5.74, 6) is 0.255. The van der Waals surface area contributed by atoms with Gasteiger partial charge in [-0.25, -0.2) is 0 Å². The second kappa shape index (κ2) is 13.6. The molecule has 0 heterocycles. The molecule has 0 spiro atoms. The summed E-state index contributed by atoms with van der Waals surface area (Å²) < 4.78 is 0.886. The van der Waals surface area contributed by atoms with Gasteiger partial charge in [-0.1, -0.05) is 25.3 Å². The number of carbonyl (C=O) groups is 1. The second-order valence-corrected chi connectivity index (χ2v) is 6.56. The lowest BCUT2D eigenvalue weighted by Crippen LogP contribution is -2.53. The highest BCUT2D eigenvalue weighted by Gasteiger charge is 2.23. The zero-order valence-electron chi connectivity index (χ0n) is 15.7. The maximum atomic E-state index is 12.2. The van der Waals surface area contributed by atoms with Crippen LogP contribution < -0.4 is 0 Å². The van der Waals surface area contributed by atoms with Gasteiger partial charge in [0.15, 0.2) is 0 Å². The highest BCUT2D eigenvalue weighted by molar-refractivity contribution is 5.75. The molecular formula is C19H39N2O2+. The van der Waals surface area contributed by atoms with Crippen molar-refractivity contribution in [2.45, 2.75) is 58.8 Å². The van der Waals surface area contributed by atoms with Gasteiger partial charge in [-0.05, 0) is 33.1 Å². The maximum absolute atomic E-state index is 12.2. The molecule has 0 unspecified atom stereocenters. The first-order chi connectivity index (χ1) is 11.0. The third-order valence-corrected chi connectivity index (χ3v) is 5.05. The van der Waals surface area contributed by atoms with Gasteiger partial charge in [0.1, 0.15) is 6.54 Å². The summed E-state index contributed by atoms with van der Waals surface area (Å²) in [6, 6.07) is 0. The Kier molecular flexibility index (Phi) is 13.0. The molecule has 1 N–H and O–H groups in total. The van der Waals surface area contributed by atoms with E-state index in [-0.39, 0.29) is 12.5 Å². The van der Waals surface area contributed by atoms with Crippen molar-refractivity contribution in [1.82, 2.24) is 4.90 Å². The van der Waals surface area contributed by atoms with Crippen LogP contribution in [-0.2, 0) is 4.79 Å². The quantitative estimate of drug-likeness (QED) is 0.285.